The normalized spacial score (nSPS) is 11.5. The van der Waals surface area contributed by atoms with Crippen LogP contribution in [0.25, 0.3) is 0 Å². The van der Waals surface area contributed by atoms with Crippen LogP contribution in [0, 0.1) is 0 Å². The smallest absolute Gasteiger partial charge is 0.193 e. The maximum atomic E-state index is 6.03. The molecule has 0 saturated carbocycles. The van der Waals surface area contributed by atoms with Crippen LogP contribution in [0.2, 0.25) is 0 Å². The van der Waals surface area contributed by atoms with E-state index in [-0.39, 0.29) is 0 Å². The minimum Gasteiger partial charge on any atom is -0.380 e. The lowest BCUT2D eigenvalue weighted by Gasteiger charge is -2.10. The van der Waals surface area contributed by atoms with E-state index in [1.807, 2.05) is 30.3 Å². The maximum absolute atomic E-state index is 6.03. The van der Waals surface area contributed by atoms with Crippen molar-refractivity contribution in [1.29, 1.82) is 0 Å². The molecule has 0 aliphatic heterocycles. The molecule has 3 rings (SSSR count). The fraction of sp³-hybridized carbons (Fsp3) is 0.238. The molecule has 3 aromatic rings. The van der Waals surface area contributed by atoms with Gasteiger partial charge in [-0.2, -0.15) is 0 Å². The van der Waals surface area contributed by atoms with Gasteiger partial charge in [0.15, 0.2) is 5.96 Å². The van der Waals surface area contributed by atoms with Crippen LogP contribution < -0.4 is 11.1 Å². The standard InChI is InChI=1S/C21H24N4OS/c1-26-14-17-9-5-6-10-19(17)25-21(22)23-13-18-15-27-20(24-18)12-11-16-7-3-2-4-8-16/h2-10,15H,11-14H2,1H3,(H3,22,23,25). The third-order valence-corrected chi connectivity index (χ3v) is 5.02. The number of hydrogen-bond donors (Lipinski definition) is 2. The zero-order valence-electron chi connectivity index (χ0n) is 15.4. The molecule has 0 spiro atoms. The molecule has 27 heavy (non-hydrogen) atoms. The number of aliphatic imine (C=N–C) groups is 1. The minimum absolute atomic E-state index is 0.373. The van der Waals surface area contributed by atoms with Gasteiger partial charge in [0.25, 0.3) is 0 Å². The number of guanidine groups is 1. The number of thiazole rings is 1. The fourth-order valence-corrected chi connectivity index (χ4v) is 3.49. The Balaban J connectivity index is 1.54. The van der Waals surface area contributed by atoms with Crippen LogP contribution in [-0.4, -0.2) is 18.1 Å². The van der Waals surface area contributed by atoms with Crippen molar-refractivity contribution in [3.05, 3.63) is 81.8 Å². The van der Waals surface area contributed by atoms with Gasteiger partial charge in [-0.3, -0.25) is 0 Å². The van der Waals surface area contributed by atoms with Crippen molar-refractivity contribution < 1.29 is 4.74 Å². The van der Waals surface area contributed by atoms with E-state index < -0.39 is 0 Å². The van der Waals surface area contributed by atoms with E-state index in [0.717, 1.165) is 34.8 Å². The average Bonchev–Trinajstić information content (AvgIpc) is 3.15. The van der Waals surface area contributed by atoms with E-state index in [1.165, 1.54) is 5.56 Å². The summed E-state index contributed by atoms with van der Waals surface area (Å²) in [4.78, 5) is 9.07. The van der Waals surface area contributed by atoms with Crippen molar-refractivity contribution in [1.82, 2.24) is 4.98 Å². The van der Waals surface area contributed by atoms with Gasteiger partial charge in [0.1, 0.15) is 0 Å². The summed E-state index contributed by atoms with van der Waals surface area (Å²) in [6.45, 7) is 0.987. The summed E-state index contributed by atoms with van der Waals surface area (Å²) in [5.41, 5.74) is 10.2. The van der Waals surface area contributed by atoms with Gasteiger partial charge in [0.2, 0.25) is 0 Å². The van der Waals surface area contributed by atoms with Gasteiger partial charge in [-0.15, -0.1) is 11.3 Å². The van der Waals surface area contributed by atoms with Crippen molar-refractivity contribution in [3.63, 3.8) is 0 Å². The highest BCUT2D eigenvalue weighted by atomic mass is 32.1. The summed E-state index contributed by atoms with van der Waals surface area (Å²) in [6.07, 6.45) is 1.94. The second-order valence-corrected chi connectivity index (χ2v) is 7.08. The second-order valence-electron chi connectivity index (χ2n) is 6.13. The molecule has 0 saturated heterocycles. The summed E-state index contributed by atoms with van der Waals surface area (Å²) in [7, 11) is 1.67. The zero-order chi connectivity index (χ0) is 18.9. The van der Waals surface area contributed by atoms with Gasteiger partial charge >= 0.3 is 0 Å². The number of benzene rings is 2. The largest absolute Gasteiger partial charge is 0.380 e. The van der Waals surface area contributed by atoms with Gasteiger partial charge in [-0.05, 0) is 18.1 Å². The highest BCUT2D eigenvalue weighted by molar-refractivity contribution is 7.09. The Hall–Kier alpha value is -2.70. The minimum atomic E-state index is 0.373. The first-order valence-electron chi connectivity index (χ1n) is 8.85. The molecule has 0 amide bonds. The quantitative estimate of drug-likeness (QED) is 0.458. The topological polar surface area (TPSA) is 72.5 Å². The third kappa shape index (κ3) is 5.91. The molecule has 1 heterocycles. The number of nitrogens with one attached hydrogen (secondary N) is 1. The summed E-state index contributed by atoms with van der Waals surface area (Å²) < 4.78 is 5.21. The van der Waals surface area contributed by atoms with Crippen molar-refractivity contribution in [2.45, 2.75) is 26.0 Å². The lowest BCUT2D eigenvalue weighted by molar-refractivity contribution is 0.185. The number of methoxy groups -OCH3 is 1. The van der Waals surface area contributed by atoms with Crippen molar-refractivity contribution in [3.8, 4) is 0 Å². The first kappa shape index (κ1) is 19.1. The molecular weight excluding hydrogens is 356 g/mol. The van der Waals surface area contributed by atoms with E-state index in [0.29, 0.717) is 19.1 Å². The first-order chi connectivity index (χ1) is 13.2. The van der Waals surface area contributed by atoms with E-state index in [2.05, 4.69) is 44.9 Å². The molecule has 0 fully saturated rings. The van der Waals surface area contributed by atoms with Crippen molar-refractivity contribution in [2.75, 3.05) is 12.4 Å². The molecule has 140 valence electrons. The van der Waals surface area contributed by atoms with Gasteiger partial charge in [-0.25, -0.2) is 9.98 Å². The van der Waals surface area contributed by atoms with Gasteiger partial charge in [0, 0.05) is 30.2 Å². The number of aryl methyl sites for hydroxylation is 2. The number of aromatic nitrogens is 1. The number of hydrogen-bond acceptors (Lipinski definition) is 4. The lowest BCUT2D eigenvalue weighted by atomic mass is 10.1. The molecule has 0 bridgehead atoms. The van der Waals surface area contributed by atoms with Crippen LogP contribution in [0.1, 0.15) is 21.8 Å². The van der Waals surface area contributed by atoms with Gasteiger partial charge in [0.05, 0.1) is 23.9 Å². The molecular formula is C21H24N4OS. The number of para-hydroxylation sites is 1. The Morgan fingerprint density at radius 1 is 1.11 bits per heavy atom. The Morgan fingerprint density at radius 3 is 2.70 bits per heavy atom. The van der Waals surface area contributed by atoms with Crippen LogP contribution in [0.4, 0.5) is 5.69 Å². The Kier molecular flexibility index (Phi) is 6.96. The monoisotopic (exact) mass is 380 g/mol. The number of rotatable bonds is 8. The van der Waals surface area contributed by atoms with E-state index in [1.54, 1.807) is 18.4 Å². The molecule has 2 aromatic carbocycles. The summed E-state index contributed by atoms with van der Waals surface area (Å²) in [5.74, 6) is 0.373. The summed E-state index contributed by atoms with van der Waals surface area (Å²) in [5, 5.41) is 6.32. The highest BCUT2D eigenvalue weighted by Gasteiger charge is 2.05. The Bertz CT molecular complexity index is 877. The van der Waals surface area contributed by atoms with Gasteiger partial charge < -0.3 is 15.8 Å². The molecule has 0 unspecified atom stereocenters. The molecule has 6 heteroatoms. The van der Waals surface area contributed by atoms with E-state index in [9.17, 15) is 0 Å². The van der Waals surface area contributed by atoms with E-state index in [4.69, 9.17) is 10.5 Å². The third-order valence-electron chi connectivity index (χ3n) is 4.06. The molecule has 0 aliphatic carbocycles. The Labute approximate surface area is 163 Å². The average molecular weight is 381 g/mol. The van der Waals surface area contributed by atoms with Crippen LogP contribution in [-0.2, 0) is 30.7 Å². The summed E-state index contributed by atoms with van der Waals surface area (Å²) >= 11 is 1.68. The summed E-state index contributed by atoms with van der Waals surface area (Å²) in [6, 6.07) is 18.3. The van der Waals surface area contributed by atoms with Crippen LogP contribution >= 0.6 is 11.3 Å². The molecule has 0 radical (unpaired) electrons. The van der Waals surface area contributed by atoms with Crippen LogP contribution in [0.3, 0.4) is 0 Å². The lowest BCUT2D eigenvalue weighted by Crippen LogP contribution is -2.23. The Morgan fingerprint density at radius 2 is 1.89 bits per heavy atom. The molecule has 0 atom stereocenters. The number of ether oxygens (including phenoxy) is 1. The van der Waals surface area contributed by atoms with Crippen molar-refractivity contribution >= 4 is 23.0 Å². The second kappa shape index (κ2) is 9.85. The molecule has 1 aromatic heterocycles. The first-order valence-corrected chi connectivity index (χ1v) is 9.73. The van der Waals surface area contributed by atoms with Gasteiger partial charge in [-0.1, -0.05) is 48.5 Å². The number of nitrogens with two attached hydrogens (primary N) is 1. The van der Waals surface area contributed by atoms with Crippen LogP contribution in [0.15, 0.2) is 65.0 Å². The molecule has 0 aliphatic rings. The molecule has 5 nitrogen and oxygen atoms in total. The zero-order valence-corrected chi connectivity index (χ0v) is 16.2. The molecule has 3 N–H and O–H groups in total. The number of anilines is 1. The predicted molar refractivity (Wildman–Crippen MR) is 112 cm³/mol. The predicted octanol–water partition coefficient (Wildman–Crippen LogP) is 4.00. The van der Waals surface area contributed by atoms with Crippen LogP contribution in [0.5, 0.6) is 0 Å². The SMILES string of the molecule is COCc1ccccc1NC(N)=NCc1csc(CCc2ccccc2)n1. The highest BCUT2D eigenvalue weighted by Crippen LogP contribution is 2.16. The fourth-order valence-electron chi connectivity index (χ4n) is 2.70. The van der Waals surface area contributed by atoms with Crippen molar-refractivity contribution in [2.24, 2.45) is 10.7 Å². The number of nitrogens with zero attached hydrogens (tertiary/aromatic N) is 2. The maximum Gasteiger partial charge on any atom is 0.193 e. The van der Waals surface area contributed by atoms with E-state index >= 15 is 0 Å².